The van der Waals surface area contributed by atoms with E-state index in [0.717, 1.165) is 35.7 Å². The molecule has 0 spiro atoms. The number of aryl methyl sites for hydroxylation is 1. The molecule has 10 heteroatoms. The summed E-state index contributed by atoms with van der Waals surface area (Å²) >= 11 is 1.50. The molecule has 9 nitrogen and oxygen atoms in total. The van der Waals surface area contributed by atoms with Gasteiger partial charge < -0.3 is 25.1 Å². The normalized spacial score (nSPS) is 16.4. The summed E-state index contributed by atoms with van der Waals surface area (Å²) in [5.74, 6) is -0.345. The third-order valence-corrected chi connectivity index (χ3v) is 8.00. The number of carbonyl (C=O) groups is 2. The summed E-state index contributed by atoms with van der Waals surface area (Å²) < 4.78 is 5.49. The number of benzene rings is 2. The molecule has 0 aliphatic carbocycles. The van der Waals surface area contributed by atoms with Crippen LogP contribution in [0.2, 0.25) is 0 Å². The van der Waals surface area contributed by atoms with Crippen molar-refractivity contribution in [2.45, 2.75) is 50.9 Å². The lowest BCUT2D eigenvalue weighted by atomic mass is 9.95. The summed E-state index contributed by atoms with van der Waals surface area (Å²) in [6, 6.07) is 14.0. The third-order valence-electron chi connectivity index (χ3n) is 7.04. The number of aliphatic hydroxyl groups is 1. The highest BCUT2D eigenvalue weighted by Crippen LogP contribution is 2.24. The van der Waals surface area contributed by atoms with Crippen LogP contribution >= 0.6 is 11.3 Å². The minimum atomic E-state index is -0.782. The number of amides is 2. The Morgan fingerprint density at radius 1 is 1.23 bits per heavy atom. The first-order valence-electron chi connectivity index (χ1n) is 13.3. The van der Waals surface area contributed by atoms with E-state index in [2.05, 4.69) is 20.6 Å². The molecule has 2 aromatic heterocycles. The van der Waals surface area contributed by atoms with Crippen molar-refractivity contribution in [3.63, 3.8) is 0 Å². The van der Waals surface area contributed by atoms with Gasteiger partial charge in [0.15, 0.2) is 0 Å². The standard InChI is InChI=1S/C30H33N5O4S/c1-19-18-40-26(33-19)17-35(2)30(38)23-15-21(14-22(16-23)29-32-11-12-39-29)28(37)34-25(13-20-7-4-3-5-8-20)27(36)24-9-6-10-31-24/h3-5,7-8,11-12,14-16,18,24-25,27,31,36H,6,9-10,13,17H2,1-2H3,(H,34,37)/t24-,25+,27-/m1/s1. The molecule has 1 saturated heterocycles. The maximum absolute atomic E-state index is 13.7. The largest absolute Gasteiger partial charge is 0.445 e. The SMILES string of the molecule is Cc1csc(CN(C)C(=O)c2cc(C(=O)N[C@@H](Cc3ccccc3)[C@H](O)[C@H]3CCCN3)cc(-c3ncco3)c2)n1. The first-order chi connectivity index (χ1) is 19.4. The molecule has 208 valence electrons. The van der Waals surface area contributed by atoms with Crippen molar-refractivity contribution in [1.82, 2.24) is 25.5 Å². The summed E-state index contributed by atoms with van der Waals surface area (Å²) in [5.41, 5.74) is 3.03. The molecular weight excluding hydrogens is 526 g/mol. The molecule has 1 fully saturated rings. The van der Waals surface area contributed by atoms with E-state index in [1.807, 2.05) is 42.6 Å². The minimum absolute atomic E-state index is 0.104. The second-order valence-electron chi connectivity index (χ2n) is 10.1. The quantitative estimate of drug-likeness (QED) is 0.270. The van der Waals surface area contributed by atoms with Gasteiger partial charge in [-0.25, -0.2) is 9.97 Å². The summed E-state index contributed by atoms with van der Waals surface area (Å²) in [6.45, 7) is 3.10. The molecule has 3 atom stereocenters. The first kappa shape index (κ1) is 27.7. The number of aliphatic hydroxyl groups excluding tert-OH is 1. The average Bonchev–Trinajstić information content (AvgIpc) is 3.76. The monoisotopic (exact) mass is 559 g/mol. The second kappa shape index (κ2) is 12.5. The van der Waals surface area contributed by atoms with Crippen LogP contribution in [-0.2, 0) is 13.0 Å². The van der Waals surface area contributed by atoms with E-state index >= 15 is 0 Å². The number of nitrogens with zero attached hydrogens (tertiary/aromatic N) is 3. The minimum Gasteiger partial charge on any atom is -0.445 e. The predicted octanol–water partition coefficient (Wildman–Crippen LogP) is 3.83. The fourth-order valence-corrected chi connectivity index (χ4v) is 5.83. The molecule has 3 heterocycles. The number of oxazole rings is 1. The van der Waals surface area contributed by atoms with Gasteiger partial charge in [0.25, 0.3) is 11.8 Å². The Labute approximate surface area is 237 Å². The van der Waals surface area contributed by atoms with E-state index in [0.29, 0.717) is 30.0 Å². The van der Waals surface area contributed by atoms with Crippen LogP contribution in [0.4, 0.5) is 0 Å². The van der Waals surface area contributed by atoms with Crippen molar-refractivity contribution in [2.24, 2.45) is 0 Å². The highest BCUT2D eigenvalue weighted by Gasteiger charge is 2.31. The molecule has 1 aliphatic heterocycles. The predicted molar refractivity (Wildman–Crippen MR) is 153 cm³/mol. The Morgan fingerprint density at radius 2 is 2.02 bits per heavy atom. The van der Waals surface area contributed by atoms with Crippen LogP contribution in [0.25, 0.3) is 11.5 Å². The molecule has 0 radical (unpaired) electrons. The van der Waals surface area contributed by atoms with E-state index in [1.165, 1.54) is 23.8 Å². The number of carbonyl (C=O) groups excluding carboxylic acids is 2. The van der Waals surface area contributed by atoms with Crippen LogP contribution in [0, 0.1) is 6.92 Å². The van der Waals surface area contributed by atoms with Gasteiger partial charge in [-0.1, -0.05) is 30.3 Å². The molecule has 3 N–H and O–H groups in total. The van der Waals surface area contributed by atoms with Crippen molar-refractivity contribution >= 4 is 23.2 Å². The summed E-state index contributed by atoms with van der Waals surface area (Å²) in [5, 5.41) is 20.4. The van der Waals surface area contributed by atoms with Crippen LogP contribution in [0.5, 0.6) is 0 Å². The smallest absolute Gasteiger partial charge is 0.254 e. The number of rotatable bonds is 10. The van der Waals surface area contributed by atoms with Crippen LogP contribution in [0.15, 0.2) is 70.8 Å². The highest BCUT2D eigenvalue weighted by atomic mass is 32.1. The van der Waals surface area contributed by atoms with Gasteiger partial charge in [-0.3, -0.25) is 9.59 Å². The van der Waals surface area contributed by atoms with Gasteiger partial charge in [0.2, 0.25) is 5.89 Å². The Morgan fingerprint density at radius 3 is 2.70 bits per heavy atom. The molecule has 0 bridgehead atoms. The molecule has 1 aliphatic rings. The average molecular weight is 560 g/mol. The topological polar surface area (TPSA) is 121 Å². The van der Waals surface area contributed by atoms with Crippen LogP contribution in [0.3, 0.4) is 0 Å². The van der Waals surface area contributed by atoms with Gasteiger partial charge >= 0.3 is 0 Å². The first-order valence-corrected chi connectivity index (χ1v) is 14.2. The maximum atomic E-state index is 13.7. The molecule has 0 unspecified atom stereocenters. The van der Waals surface area contributed by atoms with Crippen molar-refractivity contribution in [3.8, 4) is 11.5 Å². The zero-order chi connectivity index (χ0) is 28.1. The molecule has 2 aromatic carbocycles. The van der Waals surface area contributed by atoms with Crippen molar-refractivity contribution in [3.05, 3.63) is 93.8 Å². The van der Waals surface area contributed by atoms with Gasteiger partial charge in [-0.2, -0.15) is 0 Å². The van der Waals surface area contributed by atoms with E-state index < -0.39 is 18.1 Å². The van der Waals surface area contributed by atoms with Crippen LogP contribution in [0.1, 0.15) is 49.8 Å². The zero-order valence-corrected chi connectivity index (χ0v) is 23.4. The Bertz CT molecular complexity index is 1430. The lowest BCUT2D eigenvalue weighted by molar-refractivity contribution is 0.0737. The van der Waals surface area contributed by atoms with Gasteiger partial charge in [0.1, 0.15) is 11.3 Å². The molecule has 40 heavy (non-hydrogen) atoms. The van der Waals surface area contributed by atoms with E-state index in [-0.39, 0.29) is 17.5 Å². The summed E-state index contributed by atoms with van der Waals surface area (Å²) in [4.78, 5) is 37.4. The second-order valence-corrected chi connectivity index (χ2v) is 11.1. The van der Waals surface area contributed by atoms with Gasteiger partial charge in [0, 0.05) is 40.9 Å². The van der Waals surface area contributed by atoms with Gasteiger partial charge in [0.05, 0.1) is 24.9 Å². The summed E-state index contributed by atoms with van der Waals surface area (Å²) in [7, 11) is 1.71. The lowest BCUT2D eigenvalue weighted by Gasteiger charge is -2.29. The Hall–Kier alpha value is -3.86. The highest BCUT2D eigenvalue weighted by molar-refractivity contribution is 7.09. The Kier molecular flexibility index (Phi) is 8.69. The molecule has 4 aromatic rings. The number of nitrogens with one attached hydrogen (secondary N) is 2. The zero-order valence-electron chi connectivity index (χ0n) is 22.5. The molecule has 2 amide bonds. The van der Waals surface area contributed by atoms with E-state index in [4.69, 9.17) is 4.42 Å². The molecule has 0 saturated carbocycles. The van der Waals surface area contributed by atoms with Crippen molar-refractivity contribution in [1.29, 1.82) is 0 Å². The van der Waals surface area contributed by atoms with Gasteiger partial charge in [-0.05, 0) is 56.5 Å². The maximum Gasteiger partial charge on any atom is 0.254 e. The fraction of sp³-hybridized carbons (Fsp3) is 0.333. The number of hydrogen-bond acceptors (Lipinski definition) is 8. The number of aromatic nitrogens is 2. The van der Waals surface area contributed by atoms with Crippen molar-refractivity contribution in [2.75, 3.05) is 13.6 Å². The fourth-order valence-electron chi connectivity index (χ4n) is 5.00. The van der Waals surface area contributed by atoms with E-state index in [9.17, 15) is 14.7 Å². The van der Waals surface area contributed by atoms with Crippen LogP contribution in [-0.4, -0.2) is 63.6 Å². The van der Waals surface area contributed by atoms with Crippen molar-refractivity contribution < 1.29 is 19.1 Å². The van der Waals surface area contributed by atoms with Crippen LogP contribution < -0.4 is 10.6 Å². The molecular formula is C30H33N5O4S. The third kappa shape index (κ3) is 6.64. The van der Waals surface area contributed by atoms with Gasteiger partial charge in [-0.15, -0.1) is 11.3 Å². The molecule has 5 rings (SSSR count). The number of hydrogen-bond donors (Lipinski definition) is 3. The number of thiazole rings is 1. The lowest BCUT2D eigenvalue weighted by Crippen LogP contribution is -2.52. The summed E-state index contributed by atoms with van der Waals surface area (Å²) in [6.07, 6.45) is 4.46. The van der Waals surface area contributed by atoms with E-state index in [1.54, 1.807) is 30.1 Å². The Balaban J connectivity index is 1.42.